The highest BCUT2D eigenvalue weighted by atomic mass is 16.6. The van der Waals surface area contributed by atoms with Crippen LogP contribution >= 0.6 is 0 Å². The van der Waals surface area contributed by atoms with Gasteiger partial charge in [-0.25, -0.2) is 4.98 Å². The number of carbonyl (C=O) groups excluding carboxylic acids is 1. The Labute approximate surface area is 260 Å². The van der Waals surface area contributed by atoms with Crippen molar-refractivity contribution < 1.29 is 38.0 Å². The van der Waals surface area contributed by atoms with Gasteiger partial charge in [0.1, 0.15) is 12.1 Å². The second-order valence-electron chi connectivity index (χ2n) is 9.51. The number of fused-ring (bicyclic) bond motifs is 1. The van der Waals surface area contributed by atoms with Crippen LogP contribution in [0.2, 0.25) is 0 Å². The van der Waals surface area contributed by atoms with Crippen molar-refractivity contribution in [1.82, 2.24) is 19.9 Å². The van der Waals surface area contributed by atoms with Crippen molar-refractivity contribution in [2.45, 2.75) is 25.5 Å². The van der Waals surface area contributed by atoms with Crippen LogP contribution in [-0.2, 0) is 46.2 Å². The molecule has 2 heterocycles. The van der Waals surface area contributed by atoms with E-state index in [9.17, 15) is 4.79 Å². The Bertz CT molecular complexity index is 1300. The maximum Gasteiger partial charge on any atom is 0.245 e. The first-order valence-electron chi connectivity index (χ1n) is 14.5. The lowest BCUT2D eigenvalue weighted by Crippen LogP contribution is -2.18. The number of H-pyrrole nitrogens is 1. The number of hydrogen-bond donors (Lipinski definition) is 3. The van der Waals surface area contributed by atoms with Crippen LogP contribution in [0.25, 0.3) is 21.6 Å². The molecule has 0 saturated carbocycles. The molecule has 3 rings (SSSR count). The first-order valence-corrected chi connectivity index (χ1v) is 14.5. The van der Waals surface area contributed by atoms with Crippen LogP contribution in [0.15, 0.2) is 35.7 Å². The second kappa shape index (κ2) is 21.6. The van der Waals surface area contributed by atoms with Crippen molar-refractivity contribution in [3.8, 4) is 5.88 Å². The molecule has 0 radical (unpaired) electrons. The summed E-state index contributed by atoms with van der Waals surface area (Å²) in [4.78, 5) is 28.7. The van der Waals surface area contributed by atoms with E-state index in [0.29, 0.717) is 96.1 Å². The molecule has 0 aliphatic rings. The summed E-state index contributed by atoms with van der Waals surface area (Å²) in [5.41, 5.74) is 22.7. The van der Waals surface area contributed by atoms with Gasteiger partial charge in [-0.1, -0.05) is 29.4 Å². The molecule has 0 spiro atoms. The zero-order chi connectivity index (χ0) is 32.0. The quantitative estimate of drug-likeness (QED) is 0.0497. The van der Waals surface area contributed by atoms with Gasteiger partial charge in [0.15, 0.2) is 5.65 Å². The molecule has 1 atom stereocenters. The summed E-state index contributed by atoms with van der Waals surface area (Å²) in [7, 11) is 0. The summed E-state index contributed by atoms with van der Waals surface area (Å²) in [6.07, 6.45) is 2.24. The fourth-order valence-corrected chi connectivity index (χ4v) is 3.82. The number of rotatable bonds is 26. The average molecular weight is 632 g/mol. The van der Waals surface area contributed by atoms with E-state index in [1.807, 2.05) is 24.3 Å². The van der Waals surface area contributed by atoms with Crippen LogP contribution in [0.1, 0.15) is 17.5 Å². The highest BCUT2D eigenvalue weighted by Gasteiger charge is 2.11. The lowest BCUT2D eigenvalue weighted by atomic mass is 10.1. The highest BCUT2D eigenvalue weighted by molar-refractivity contribution is 5.76. The summed E-state index contributed by atoms with van der Waals surface area (Å²) in [5, 5.41) is 3.86. The molecule has 17 nitrogen and oxygen atoms in total. The first kappa shape index (κ1) is 35.4. The Morgan fingerprint density at radius 1 is 0.844 bits per heavy atom. The zero-order valence-corrected chi connectivity index (χ0v) is 25.2. The SMILES string of the molecule is [N-]=[N+]=NC(COCCOCCOCCOCCOCCOCCC(N)=O)Cc1ccc(COc2nc(N)nc3nc[nH]c23)cc1. The predicted molar refractivity (Wildman–Crippen MR) is 162 cm³/mol. The number of hydrogen-bond acceptors (Lipinski definition) is 13. The van der Waals surface area contributed by atoms with Crippen molar-refractivity contribution in [3.63, 3.8) is 0 Å². The largest absolute Gasteiger partial charge is 0.471 e. The third kappa shape index (κ3) is 15.0. The van der Waals surface area contributed by atoms with Crippen molar-refractivity contribution in [2.24, 2.45) is 10.8 Å². The summed E-state index contributed by atoms with van der Waals surface area (Å²) in [5.74, 6) is 0.0336. The van der Waals surface area contributed by atoms with Crippen LogP contribution in [0.4, 0.5) is 5.95 Å². The molecule has 5 N–H and O–H groups in total. The topological polar surface area (TPSA) is 237 Å². The van der Waals surface area contributed by atoms with Gasteiger partial charge < -0.3 is 49.6 Å². The number of nitrogens with zero attached hydrogens (tertiary/aromatic N) is 6. The summed E-state index contributed by atoms with van der Waals surface area (Å²) < 4.78 is 38.4. The molecule has 246 valence electrons. The Balaban J connectivity index is 1.17. The van der Waals surface area contributed by atoms with Gasteiger partial charge in [0, 0.05) is 11.3 Å². The Hall–Kier alpha value is -4.09. The third-order valence-corrected chi connectivity index (χ3v) is 6.02. The average Bonchev–Trinajstić information content (AvgIpc) is 3.50. The number of imidazole rings is 1. The van der Waals surface area contributed by atoms with Crippen molar-refractivity contribution in [2.75, 3.05) is 85.0 Å². The van der Waals surface area contributed by atoms with Gasteiger partial charge in [-0.15, -0.1) is 0 Å². The minimum atomic E-state index is -0.385. The van der Waals surface area contributed by atoms with E-state index in [0.717, 1.165) is 11.1 Å². The van der Waals surface area contributed by atoms with Gasteiger partial charge in [-0.3, -0.25) is 4.79 Å². The number of ether oxygens (including phenoxy) is 7. The summed E-state index contributed by atoms with van der Waals surface area (Å²) in [6, 6.07) is 7.42. The van der Waals surface area contributed by atoms with Crippen molar-refractivity contribution in [3.05, 3.63) is 52.2 Å². The first-order chi connectivity index (χ1) is 22.0. The van der Waals surface area contributed by atoms with Gasteiger partial charge in [0.05, 0.1) is 91.7 Å². The lowest BCUT2D eigenvalue weighted by Gasteiger charge is -2.13. The Kier molecular flexibility index (Phi) is 17.0. The smallest absolute Gasteiger partial charge is 0.245 e. The number of primary amides is 1. The van der Waals surface area contributed by atoms with E-state index in [1.165, 1.54) is 6.33 Å². The predicted octanol–water partition coefficient (Wildman–Crippen LogP) is 1.71. The zero-order valence-electron chi connectivity index (χ0n) is 25.2. The molecule has 2 aromatic heterocycles. The third-order valence-electron chi connectivity index (χ3n) is 6.02. The number of aromatic amines is 1. The van der Waals surface area contributed by atoms with Gasteiger partial charge in [-0.05, 0) is 23.1 Å². The fraction of sp³-hybridized carbons (Fsp3) is 0.571. The molecule has 3 aromatic rings. The molecule has 45 heavy (non-hydrogen) atoms. The molecule has 17 heteroatoms. The molecule has 1 unspecified atom stereocenters. The number of carbonyl (C=O) groups is 1. The maximum absolute atomic E-state index is 10.6. The van der Waals surface area contributed by atoms with E-state index >= 15 is 0 Å². The number of nitrogens with two attached hydrogens (primary N) is 2. The molecule has 1 aromatic carbocycles. The van der Waals surface area contributed by atoms with Crippen LogP contribution in [-0.4, -0.2) is 111 Å². The van der Waals surface area contributed by atoms with Crippen LogP contribution in [0.3, 0.4) is 0 Å². The molecule has 0 aliphatic carbocycles. The van der Waals surface area contributed by atoms with Gasteiger partial charge in [0.25, 0.3) is 0 Å². The number of amides is 1. The van der Waals surface area contributed by atoms with E-state index in [4.69, 9.17) is 50.2 Å². The standard InChI is InChI=1S/C28H41N9O8/c29-24(38)5-6-39-7-8-40-9-10-41-11-12-42-13-14-43-15-16-44-19-23(36-37-31)17-21-1-3-22(4-2-21)18-45-27-25-26(33-20-32-25)34-28(30)35-27/h1-4,20,23H,5-19H2,(H2,29,38)(H3,30,32,33,34,35). The maximum atomic E-state index is 10.6. The molecule has 0 bridgehead atoms. The summed E-state index contributed by atoms with van der Waals surface area (Å²) >= 11 is 0. The second-order valence-corrected chi connectivity index (χ2v) is 9.51. The minimum absolute atomic E-state index is 0.0864. The van der Waals surface area contributed by atoms with Gasteiger partial charge in [0.2, 0.25) is 17.7 Å². The molecule has 1 amide bonds. The fourth-order valence-electron chi connectivity index (χ4n) is 3.82. The van der Waals surface area contributed by atoms with Gasteiger partial charge in [-0.2, -0.15) is 9.97 Å². The van der Waals surface area contributed by atoms with Gasteiger partial charge >= 0.3 is 0 Å². The number of azide groups is 1. The number of benzene rings is 1. The highest BCUT2D eigenvalue weighted by Crippen LogP contribution is 2.21. The Morgan fingerprint density at radius 2 is 1.40 bits per heavy atom. The molecule has 0 saturated heterocycles. The normalized spacial score (nSPS) is 11.8. The van der Waals surface area contributed by atoms with Crippen molar-refractivity contribution in [1.29, 1.82) is 0 Å². The number of nitrogens with one attached hydrogen (secondary N) is 1. The minimum Gasteiger partial charge on any atom is -0.471 e. The van der Waals surface area contributed by atoms with Crippen molar-refractivity contribution >= 4 is 23.0 Å². The molecular weight excluding hydrogens is 590 g/mol. The van der Waals surface area contributed by atoms with Crippen LogP contribution in [0.5, 0.6) is 5.88 Å². The molecule has 0 aliphatic heterocycles. The number of anilines is 1. The van der Waals surface area contributed by atoms with E-state index in [1.54, 1.807) is 0 Å². The van der Waals surface area contributed by atoms with Crippen LogP contribution < -0.4 is 16.2 Å². The number of nitrogen functional groups attached to an aromatic ring is 1. The Morgan fingerprint density at radius 3 is 1.98 bits per heavy atom. The monoisotopic (exact) mass is 631 g/mol. The van der Waals surface area contributed by atoms with Crippen LogP contribution in [0, 0.1) is 0 Å². The van der Waals surface area contributed by atoms with E-state index in [-0.39, 0.29) is 37.5 Å². The molecule has 0 fully saturated rings. The molecular formula is C28H41N9O8. The van der Waals surface area contributed by atoms with E-state index < -0.39 is 0 Å². The lowest BCUT2D eigenvalue weighted by molar-refractivity contribution is -0.119. The number of aromatic nitrogens is 4. The van der Waals surface area contributed by atoms with E-state index in [2.05, 4.69) is 30.0 Å². The summed E-state index contributed by atoms with van der Waals surface area (Å²) in [6.45, 7) is 5.10.